The number of hydrogen-bond donors (Lipinski definition) is 1. The minimum atomic E-state index is 0.651. The Morgan fingerprint density at radius 3 is 3.22 bits per heavy atom. The molecule has 0 amide bonds. The van der Waals surface area contributed by atoms with Crippen molar-refractivity contribution in [2.45, 2.75) is 19.4 Å². The fourth-order valence-electron chi connectivity index (χ4n) is 2.29. The smallest absolute Gasteiger partial charge is 0.124 e. The van der Waals surface area contributed by atoms with Gasteiger partial charge in [0.1, 0.15) is 12.4 Å². The van der Waals surface area contributed by atoms with Crippen LogP contribution in [0.25, 0.3) is 0 Å². The molecule has 0 bridgehead atoms. The topological polar surface area (TPSA) is 39.1 Å². The molecule has 94 valence electrons. The number of benzene rings is 1. The molecular formula is C14H17N3O. The standard InChI is InChI=1S/C14H17N3O/c1-5-13-12(4-2-7-15-13)14(6-1)18-11-10-17-9-3-8-16-17/h1,3,5-6,8-9,15H,2,4,7,10-11H2. The summed E-state index contributed by atoms with van der Waals surface area (Å²) in [4.78, 5) is 0. The van der Waals surface area contributed by atoms with Gasteiger partial charge in [-0.25, -0.2) is 0 Å². The van der Waals surface area contributed by atoms with Gasteiger partial charge in [0.25, 0.3) is 0 Å². The van der Waals surface area contributed by atoms with E-state index < -0.39 is 0 Å². The largest absolute Gasteiger partial charge is 0.491 e. The van der Waals surface area contributed by atoms with E-state index in [0.29, 0.717) is 6.61 Å². The van der Waals surface area contributed by atoms with Gasteiger partial charge in [0.05, 0.1) is 6.54 Å². The Kier molecular flexibility index (Phi) is 3.17. The van der Waals surface area contributed by atoms with Crippen molar-refractivity contribution in [2.75, 3.05) is 18.5 Å². The highest BCUT2D eigenvalue weighted by atomic mass is 16.5. The molecule has 0 unspecified atom stereocenters. The molecule has 1 aromatic carbocycles. The van der Waals surface area contributed by atoms with Crippen molar-refractivity contribution in [2.24, 2.45) is 0 Å². The minimum Gasteiger partial charge on any atom is -0.491 e. The molecule has 1 aliphatic rings. The monoisotopic (exact) mass is 243 g/mol. The molecule has 2 aromatic rings. The predicted molar refractivity (Wildman–Crippen MR) is 71.0 cm³/mol. The average Bonchev–Trinajstić information content (AvgIpc) is 2.92. The first-order chi connectivity index (χ1) is 8.93. The zero-order chi connectivity index (χ0) is 12.2. The summed E-state index contributed by atoms with van der Waals surface area (Å²) in [6.45, 7) is 2.49. The number of fused-ring (bicyclic) bond motifs is 1. The van der Waals surface area contributed by atoms with Crippen LogP contribution in [0, 0.1) is 0 Å². The molecule has 1 aliphatic heterocycles. The molecule has 1 aromatic heterocycles. The van der Waals surface area contributed by atoms with Crippen LogP contribution in [0.4, 0.5) is 5.69 Å². The number of nitrogens with one attached hydrogen (secondary N) is 1. The number of hydrogen-bond acceptors (Lipinski definition) is 3. The number of ether oxygens (including phenoxy) is 1. The van der Waals surface area contributed by atoms with Crippen LogP contribution in [0.3, 0.4) is 0 Å². The van der Waals surface area contributed by atoms with Crippen LogP contribution in [-0.4, -0.2) is 22.9 Å². The third-order valence-corrected chi connectivity index (χ3v) is 3.19. The molecule has 4 heteroatoms. The molecule has 1 N–H and O–H groups in total. The second-order valence-electron chi connectivity index (χ2n) is 4.43. The van der Waals surface area contributed by atoms with Crippen LogP contribution in [0.15, 0.2) is 36.7 Å². The summed E-state index contributed by atoms with van der Waals surface area (Å²) in [5.74, 6) is 1.01. The lowest BCUT2D eigenvalue weighted by Gasteiger charge is -2.20. The van der Waals surface area contributed by atoms with E-state index in [9.17, 15) is 0 Å². The van der Waals surface area contributed by atoms with Crippen LogP contribution in [0.2, 0.25) is 0 Å². The van der Waals surface area contributed by atoms with Gasteiger partial charge in [0, 0.05) is 30.2 Å². The molecule has 0 aliphatic carbocycles. The highest BCUT2D eigenvalue weighted by molar-refractivity contribution is 5.59. The second kappa shape index (κ2) is 5.12. The first-order valence-electron chi connectivity index (χ1n) is 6.39. The van der Waals surface area contributed by atoms with Crippen molar-refractivity contribution in [3.63, 3.8) is 0 Å². The zero-order valence-corrected chi connectivity index (χ0v) is 10.3. The molecule has 0 atom stereocenters. The molecule has 0 radical (unpaired) electrons. The van der Waals surface area contributed by atoms with Crippen molar-refractivity contribution in [1.29, 1.82) is 0 Å². The van der Waals surface area contributed by atoms with E-state index in [2.05, 4.69) is 22.5 Å². The van der Waals surface area contributed by atoms with Crippen molar-refractivity contribution in [3.05, 3.63) is 42.2 Å². The Morgan fingerprint density at radius 1 is 1.33 bits per heavy atom. The van der Waals surface area contributed by atoms with Crippen LogP contribution in [-0.2, 0) is 13.0 Å². The lowest BCUT2D eigenvalue weighted by molar-refractivity contribution is 0.288. The van der Waals surface area contributed by atoms with Gasteiger partial charge < -0.3 is 10.1 Å². The molecule has 0 saturated carbocycles. The third-order valence-electron chi connectivity index (χ3n) is 3.19. The third kappa shape index (κ3) is 2.32. The molecule has 0 fully saturated rings. The summed E-state index contributed by atoms with van der Waals surface area (Å²) in [6.07, 6.45) is 6.01. The lowest BCUT2D eigenvalue weighted by atomic mass is 10.0. The van der Waals surface area contributed by atoms with Crippen molar-refractivity contribution in [3.8, 4) is 5.75 Å². The van der Waals surface area contributed by atoms with E-state index in [1.54, 1.807) is 6.20 Å². The van der Waals surface area contributed by atoms with Gasteiger partial charge in [-0.15, -0.1) is 0 Å². The summed E-state index contributed by atoms with van der Waals surface area (Å²) < 4.78 is 7.76. The van der Waals surface area contributed by atoms with Crippen LogP contribution < -0.4 is 10.1 Å². The lowest BCUT2D eigenvalue weighted by Crippen LogP contribution is -2.14. The van der Waals surface area contributed by atoms with Gasteiger partial charge in [-0.1, -0.05) is 6.07 Å². The number of rotatable bonds is 4. The van der Waals surface area contributed by atoms with E-state index in [1.165, 1.54) is 17.7 Å². The maximum Gasteiger partial charge on any atom is 0.124 e. The Labute approximate surface area is 107 Å². The zero-order valence-electron chi connectivity index (χ0n) is 10.3. The SMILES string of the molecule is c1cc2c(c(OCCn3cccn3)c1)CCCN2. The van der Waals surface area contributed by atoms with E-state index in [4.69, 9.17) is 4.74 Å². The van der Waals surface area contributed by atoms with E-state index >= 15 is 0 Å². The van der Waals surface area contributed by atoms with Crippen LogP contribution >= 0.6 is 0 Å². The van der Waals surface area contributed by atoms with Crippen LogP contribution in [0.5, 0.6) is 5.75 Å². The molecular weight excluding hydrogens is 226 g/mol. The van der Waals surface area contributed by atoms with Gasteiger partial charge in [-0.05, 0) is 31.0 Å². The second-order valence-corrected chi connectivity index (χ2v) is 4.43. The first-order valence-corrected chi connectivity index (χ1v) is 6.39. The first kappa shape index (κ1) is 11.1. The van der Waals surface area contributed by atoms with E-state index in [1.807, 2.05) is 23.0 Å². The highest BCUT2D eigenvalue weighted by Crippen LogP contribution is 2.30. The van der Waals surface area contributed by atoms with Gasteiger partial charge in [0.2, 0.25) is 0 Å². The summed E-state index contributed by atoms with van der Waals surface area (Å²) in [5, 5.41) is 7.57. The maximum atomic E-state index is 5.88. The van der Waals surface area contributed by atoms with E-state index in [0.717, 1.165) is 25.3 Å². The normalized spacial score (nSPS) is 13.8. The molecule has 18 heavy (non-hydrogen) atoms. The van der Waals surface area contributed by atoms with Gasteiger partial charge in [-0.3, -0.25) is 4.68 Å². The molecule has 4 nitrogen and oxygen atoms in total. The molecule has 3 rings (SSSR count). The summed E-state index contributed by atoms with van der Waals surface area (Å²) in [5.41, 5.74) is 2.53. The summed E-state index contributed by atoms with van der Waals surface area (Å²) in [7, 11) is 0. The fraction of sp³-hybridized carbons (Fsp3) is 0.357. The van der Waals surface area contributed by atoms with Crippen molar-refractivity contribution in [1.82, 2.24) is 9.78 Å². The van der Waals surface area contributed by atoms with Crippen molar-refractivity contribution < 1.29 is 4.74 Å². The highest BCUT2D eigenvalue weighted by Gasteiger charge is 2.12. The number of anilines is 1. The van der Waals surface area contributed by atoms with Crippen molar-refractivity contribution >= 4 is 5.69 Å². The summed E-state index contributed by atoms with van der Waals surface area (Å²) in [6, 6.07) is 8.14. The predicted octanol–water partition coefficient (Wildman–Crippen LogP) is 2.32. The molecule has 0 spiro atoms. The minimum absolute atomic E-state index is 0.651. The Morgan fingerprint density at radius 2 is 2.33 bits per heavy atom. The Hall–Kier alpha value is -1.97. The number of nitrogens with zero attached hydrogens (tertiary/aromatic N) is 2. The quantitative estimate of drug-likeness (QED) is 0.895. The Balaban J connectivity index is 1.65. The fourth-order valence-corrected chi connectivity index (χ4v) is 2.29. The van der Waals surface area contributed by atoms with Crippen LogP contribution in [0.1, 0.15) is 12.0 Å². The van der Waals surface area contributed by atoms with Gasteiger partial charge >= 0.3 is 0 Å². The Bertz CT molecular complexity index is 508. The number of aromatic nitrogens is 2. The van der Waals surface area contributed by atoms with Gasteiger partial charge in [0.15, 0.2) is 0 Å². The van der Waals surface area contributed by atoms with Gasteiger partial charge in [-0.2, -0.15) is 5.10 Å². The van der Waals surface area contributed by atoms with E-state index in [-0.39, 0.29) is 0 Å². The molecule has 2 heterocycles. The maximum absolute atomic E-state index is 5.88. The summed E-state index contributed by atoms with van der Waals surface area (Å²) >= 11 is 0. The average molecular weight is 243 g/mol. The molecule has 0 saturated heterocycles.